The Bertz CT molecular complexity index is 941. The molecule has 1 amide bonds. The molecule has 4 unspecified atom stereocenters. The molecule has 0 radical (unpaired) electrons. The number of carbonyl (C=O) groups is 3. The lowest BCUT2D eigenvalue weighted by atomic mass is 9.91. The average molecular weight is 587 g/mol. The van der Waals surface area contributed by atoms with Gasteiger partial charge in [0.15, 0.2) is 0 Å². The van der Waals surface area contributed by atoms with Crippen molar-refractivity contribution in [2.45, 2.75) is 70.0 Å². The number of halogens is 1. The summed E-state index contributed by atoms with van der Waals surface area (Å²) in [6.07, 6.45) is 0.321. The molecule has 34 heavy (non-hydrogen) atoms. The van der Waals surface area contributed by atoms with E-state index in [2.05, 4.69) is 27.9 Å². The van der Waals surface area contributed by atoms with Crippen molar-refractivity contribution in [2.75, 3.05) is 13.4 Å². The van der Waals surface area contributed by atoms with Crippen molar-refractivity contribution in [3.8, 4) is 0 Å². The second kappa shape index (κ2) is 11.6. The highest BCUT2D eigenvalue weighted by Gasteiger charge is 2.42. The van der Waals surface area contributed by atoms with Gasteiger partial charge in [-0.3, -0.25) is 9.59 Å². The van der Waals surface area contributed by atoms with Gasteiger partial charge in [0.25, 0.3) is 0 Å². The van der Waals surface area contributed by atoms with Crippen molar-refractivity contribution >= 4 is 40.4 Å². The van der Waals surface area contributed by atoms with Crippen LogP contribution in [0.15, 0.2) is 35.9 Å². The van der Waals surface area contributed by atoms with Crippen LogP contribution in [0, 0.1) is 3.57 Å². The molecule has 0 saturated carbocycles. The molecule has 1 heterocycles. The highest BCUT2D eigenvalue weighted by Crippen LogP contribution is 2.31. The fraction of sp³-hybridized carbons (Fsp3) is 0.542. The molecule has 1 fully saturated rings. The molecule has 0 spiro atoms. The van der Waals surface area contributed by atoms with Crippen LogP contribution in [-0.2, 0) is 28.5 Å². The van der Waals surface area contributed by atoms with E-state index < -0.39 is 47.8 Å². The molecule has 0 bridgehead atoms. The van der Waals surface area contributed by atoms with Gasteiger partial charge in [-0.2, -0.15) is 0 Å². The minimum atomic E-state index is -0.710. The first-order valence-corrected chi connectivity index (χ1v) is 12.2. The Morgan fingerprint density at radius 1 is 1.26 bits per heavy atom. The molecule has 4 atom stereocenters. The standard InChI is InChI=1S/C24H30INO8/c1-24(2,3)34-20(28)8-7-17(12-27)26-22(29)15-10-18-21(32-13-31-18)19(11-15)33-23(30)14-5-4-6-16(25)9-14/h4-6,9-10,17-19,21,27H,7-8,11-13H2,1-3H3,(H,26,29). The van der Waals surface area contributed by atoms with E-state index in [9.17, 15) is 19.5 Å². The van der Waals surface area contributed by atoms with Gasteiger partial charge in [-0.15, -0.1) is 0 Å². The predicted molar refractivity (Wildman–Crippen MR) is 130 cm³/mol. The maximum Gasteiger partial charge on any atom is 0.338 e. The van der Waals surface area contributed by atoms with E-state index in [4.69, 9.17) is 18.9 Å². The maximum atomic E-state index is 12.9. The second-order valence-electron chi connectivity index (χ2n) is 9.21. The van der Waals surface area contributed by atoms with Gasteiger partial charge in [0.2, 0.25) is 5.91 Å². The van der Waals surface area contributed by atoms with E-state index >= 15 is 0 Å². The van der Waals surface area contributed by atoms with Crippen molar-refractivity contribution in [1.29, 1.82) is 0 Å². The molecular weight excluding hydrogens is 557 g/mol. The summed E-state index contributed by atoms with van der Waals surface area (Å²) in [6, 6.07) is 6.38. The smallest absolute Gasteiger partial charge is 0.338 e. The summed E-state index contributed by atoms with van der Waals surface area (Å²) in [5, 5.41) is 12.4. The van der Waals surface area contributed by atoms with Crippen molar-refractivity contribution < 1.29 is 38.4 Å². The highest BCUT2D eigenvalue weighted by molar-refractivity contribution is 14.1. The number of rotatable bonds is 8. The number of carbonyl (C=O) groups excluding carboxylic acids is 3. The SMILES string of the molecule is CC(C)(C)OC(=O)CCC(CO)NC(=O)C1=CC2OCOC2C(OC(=O)c2cccc(I)c2)C1. The third-order valence-electron chi connectivity index (χ3n) is 5.28. The summed E-state index contributed by atoms with van der Waals surface area (Å²) >= 11 is 2.11. The molecule has 186 valence electrons. The Labute approximate surface area is 212 Å². The second-order valence-corrected chi connectivity index (χ2v) is 10.5. The number of benzene rings is 1. The number of ether oxygens (including phenoxy) is 4. The zero-order chi connectivity index (χ0) is 24.9. The van der Waals surface area contributed by atoms with E-state index in [-0.39, 0.29) is 32.7 Å². The number of amides is 1. The number of aliphatic hydroxyl groups is 1. The van der Waals surface area contributed by atoms with E-state index in [1.54, 1.807) is 45.0 Å². The topological polar surface area (TPSA) is 120 Å². The monoisotopic (exact) mass is 587 g/mol. The summed E-state index contributed by atoms with van der Waals surface area (Å²) < 4.78 is 23.0. The molecule has 0 aromatic heterocycles. The summed E-state index contributed by atoms with van der Waals surface area (Å²) in [6.45, 7) is 5.02. The van der Waals surface area contributed by atoms with E-state index in [0.29, 0.717) is 11.1 Å². The number of fused-ring (bicyclic) bond motifs is 1. The molecular formula is C24H30INO8. The number of hydrogen-bond acceptors (Lipinski definition) is 8. The van der Waals surface area contributed by atoms with Gasteiger partial charge >= 0.3 is 11.9 Å². The van der Waals surface area contributed by atoms with Crippen LogP contribution in [0.1, 0.15) is 50.4 Å². The largest absolute Gasteiger partial charge is 0.460 e. The van der Waals surface area contributed by atoms with Gasteiger partial charge in [0.05, 0.1) is 18.2 Å². The first-order valence-electron chi connectivity index (χ1n) is 11.1. The lowest BCUT2D eigenvalue weighted by Gasteiger charge is -2.30. The van der Waals surface area contributed by atoms with Crippen LogP contribution < -0.4 is 5.32 Å². The molecule has 1 aliphatic carbocycles. The van der Waals surface area contributed by atoms with Crippen LogP contribution in [0.2, 0.25) is 0 Å². The molecule has 2 aliphatic rings. The number of aliphatic hydroxyl groups excluding tert-OH is 1. The van der Waals surface area contributed by atoms with Crippen molar-refractivity contribution in [1.82, 2.24) is 5.32 Å². The van der Waals surface area contributed by atoms with Crippen LogP contribution in [0.4, 0.5) is 0 Å². The van der Waals surface area contributed by atoms with E-state index in [0.717, 1.165) is 3.57 Å². The number of nitrogens with one attached hydrogen (secondary N) is 1. The molecule has 10 heteroatoms. The summed E-state index contributed by atoms with van der Waals surface area (Å²) in [5.41, 5.74) is 0.167. The van der Waals surface area contributed by atoms with Crippen molar-refractivity contribution in [3.63, 3.8) is 0 Å². The Kier molecular flexibility index (Phi) is 9.07. The van der Waals surface area contributed by atoms with Gasteiger partial charge in [0.1, 0.15) is 30.7 Å². The summed E-state index contributed by atoms with van der Waals surface area (Å²) in [7, 11) is 0. The summed E-state index contributed by atoms with van der Waals surface area (Å²) in [5.74, 6) is -1.34. The normalized spacial score (nSPS) is 22.9. The highest BCUT2D eigenvalue weighted by atomic mass is 127. The van der Waals surface area contributed by atoms with E-state index in [1.165, 1.54) is 0 Å². The maximum absolute atomic E-state index is 12.9. The minimum Gasteiger partial charge on any atom is -0.460 e. The molecule has 1 aliphatic heterocycles. The average Bonchev–Trinajstić information content (AvgIpc) is 3.24. The first-order chi connectivity index (χ1) is 16.1. The summed E-state index contributed by atoms with van der Waals surface area (Å²) in [4.78, 5) is 37.6. The Morgan fingerprint density at radius 2 is 2.03 bits per heavy atom. The van der Waals surface area contributed by atoms with Crippen LogP contribution in [0.25, 0.3) is 0 Å². The molecule has 1 aromatic carbocycles. The van der Waals surface area contributed by atoms with Crippen molar-refractivity contribution in [3.05, 3.63) is 45.0 Å². The third-order valence-corrected chi connectivity index (χ3v) is 5.95. The number of esters is 2. The molecule has 1 aromatic rings. The van der Waals surface area contributed by atoms with Gasteiger partial charge in [-0.1, -0.05) is 6.07 Å². The Hall–Kier alpha value is -2.02. The first kappa shape index (κ1) is 26.6. The fourth-order valence-corrected chi connectivity index (χ4v) is 4.26. The van der Waals surface area contributed by atoms with Crippen molar-refractivity contribution in [2.24, 2.45) is 0 Å². The van der Waals surface area contributed by atoms with Gasteiger partial charge in [-0.25, -0.2) is 4.79 Å². The fourth-order valence-electron chi connectivity index (χ4n) is 3.72. The van der Waals surface area contributed by atoms with Gasteiger partial charge in [0, 0.05) is 22.0 Å². The van der Waals surface area contributed by atoms with Gasteiger partial charge < -0.3 is 29.4 Å². The van der Waals surface area contributed by atoms with Crippen LogP contribution in [-0.4, -0.2) is 66.3 Å². The Balaban J connectivity index is 1.62. The van der Waals surface area contributed by atoms with E-state index in [1.807, 2.05) is 6.07 Å². The molecule has 3 rings (SSSR count). The number of hydrogen-bond donors (Lipinski definition) is 2. The quantitative estimate of drug-likeness (QED) is 0.352. The molecule has 9 nitrogen and oxygen atoms in total. The molecule has 1 saturated heterocycles. The Morgan fingerprint density at radius 3 is 2.71 bits per heavy atom. The zero-order valence-electron chi connectivity index (χ0n) is 19.4. The minimum absolute atomic E-state index is 0.0349. The van der Waals surface area contributed by atoms with Crippen LogP contribution in [0.3, 0.4) is 0 Å². The zero-order valence-corrected chi connectivity index (χ0v) is 21.6. The predicted octanol–water partition coefficient (Wildman–Crippen LogP) is 2.49. The lowest BCUT2D eigenvalue weighted by Crippen LogP contribution is -2.45. The molecule has 2 N–H and O–H groups in total. The third kappa shape index (κ3) is 7.49. The van der Waals surface area contributed by atoms with Gasteiger partial charge in [-0.05, 0) is 74.1 Å². The van der Waals surface area contributed by atoms with Crippen LogP contribution >= 0.6 is 22.6 Å². The lowest BCUT2D eigenvalue weighted by molar-refractivity contribution is -0.155. The van der Waals surface area contributed by atoms with Crippen LogP contribution in [0.5, 0.6) is 0 Å².